The molecule has 126 valence electrons. The SMILES string of the molecule is CCC1NC(=O)N=C1c1cc(C(C)(C)C)c(O)c(C(C)(C)C)c1. The van der Waals surface area contributed by atoms with E-state index in [1.165, 1.54) is 0 Å². The minimum atomic E-state index is -0.283. The Kier molecular flexibility index (Phi) is 4.31. The van der Waals surface area contributed by atoms with E-state index in [2.05, 4.69) is 51.9 Å². The van der Waals surface area contributed by atoms with Crippen LogP contribution in [0.25, 0.3) is 0 Å². The van der Waals surface area contributed by atoms with Crippen molar-refractivity contribution in [1.82, 2.24) is 5.32 Å². The summed E-state index contributed by atoms with van der Waals surface area (Å²) in [5, 5.41) is 13.7. The van der Waals surface area contributed by atoms with Crippen LogP contribution in [-0.2, 0) is 10.8 Å². The average Bonchev–Trinajstić information content (AvgIpc) is 2.77. The molecule has 0 saturated carbocycles. The van der Waals surface area contributed by atoms with E-state index in [1.807, 2.05) is 19.1 Å². The third kappa shape index (κ3) is 3.41. The predicted octanol–water partition coefficient (Wildman–Crippen LogP) is 4.28. The second kappa shape index (κ2) is 5.66. The maximum atomic E-state index is 11.7. The molecule has 1 aromatic carbocycles. The molecule has 1 atom stereocenters. The molecule has 0 spiro atoms. The van der Waals surface area contributed by atoms with Crippen molar-refractivity contribution in [2.75, 3.05) is 0 Å². The molecule has 2 amide bonds. The number of aromatic hydroxyl groups is 1. The Hall–Kier alpha value is -1.84. The van der Waals surface area contributed by atoms with Gasteiger partial charge >= 0.3 is 6.03 Å². The topological polar surface area (TPSA) is 61.7 Å². The molecule has 1 unspecified atom stereocenters. The fraction of sp³-hybridized carbons (Fsp3) is 0.579. The summed E-state index contributed by atoms with van der Waals surface area (Å²) in [6, 6.07) is 3.61. The summed E-state index contributed by atoms with van der Waals surface area (Å²) in [5.74, 6) is 0.347. The van der Waals surface area contributed by atoms with Gasteiger partial charge in [-0.3, -0.25) is 0 Å². The van der Waals surface area contributed by atoms with Gasteiger partial charge in [-0.25, -0.2) is 4.79 Å². The molecule has 0 bridgehead atoms. The number of rotatable bonds is 2. The second-order valence-corrected chi connectivity index (χ2v) is 8.33. The molecule has 0 aromatic heterocycles. The van der Waals surface area contributed by atoms with E-state index in [0.717, 1.165) is 28.8 Å². The summed E-state index contributed by atoms with van der Waals surface area (Å²) < 4.78 is 0. The molecule has 4 heteroatoms. The molecule has 1 heterocycles. The highest BCUT2D eigenvalue weighted by molar-refractivity contribution is 6.14. The van der Waals surface area contributed by atoms with Crippen LogP contribution in [0.4, 0.5) is 4.79 Å². The fourth-order valence-corrected chi connectivity index (χ4v) is 2.92. The number of amides is 2. The van der Waals surface area contributed by atoms with Gasteiger partial charge in [0.2, 0.25) is 0 Å². The van der Waals surface area contributed by atoms with Crippen molar-refractivity contribution in [2.24, 2.45) is 4.99 Å². The van der Waals surface area contributed by atoms with Gasteiger partial charge in [-0.05, 0) is 34.9 Å². The van der Waals surface area contributed by atoms with Crippen molar-refractivity contribution in [1.29, 1.82) is 0 Å². The Morgan fingerprint density at radius 1 is 1.09 bits per heavy atom. The van der Waals surface area contributed by atoms with Crippen molar-refractivity contribution in [3.8, 4) is 5.75 Å². The fourth-order valence-electron chi connectivity index (χ4n) is 2.92. The zero-order chi connectivity index (χ0) is 17.6. The summed E-state index contributed by atoms with van der Waals surface area (Å²) in [6.07, 6.45) is 0.793. The number of hydrogen-bond acceptors (Lipinski definition) is 2. The smallest absolute Gasteiger partial charge is 0.341 e. The zero-order valence-corrected chi connectivity index (χ0v) is 15.2. The van der Waals surface area contributed by atoms with Crippen LogP contribution in [0.15, 0.2) is 17.1 Å². The van der Waals surface area contributed by atoms with Gasteiger partial charge in [0.25, 0.3) is 0 Å². The highest BCUT2D eigenvalue weighted by atomic mass is 16.3. The Morgan fingerprint density at radius 2 is 1.57 bits per heavy atom. The van der Waals surface area contributed by atoms with E-state index < -0.39 is 0 Å². The van der Waals surface area contributed by atoms with Gasteiger partial charge in [-0.15, -0.1) is 0 Å². The van der Waals surface area contributed by atoms with Crippen LogP contribution in [0.5, 0.6) is 5.75 Å². The largest absolute Gasteiger partial charge is 0.507 e. The van der Waals surface area contributed by atoms with Gasteiger partial charge in [0.05, 0.1) is 11.8 Å². The summed E-state index contributed by atoms with van der Waals surface area (Å²) in [7, 11) is 0. The van der Waals surface area contributed by atoms with E-state index in [0.29, 0.717) is 5.75 Å². The van der Waals surface area contributed by atoms with Crippen LogP contribution in [0.2, 0.25) is 0 Å². The molecular weight excluding hydrogens is 288 g/mol. The number of hydrogen-bond donors (Lipinski definition) is 2. The van der Waals surface area contributed by atoms with Crippen LogP contribution in [0, 0.1) is 0 Å². The van der Waals surface area contributed by atoms with Gasteiger partial charge in [0.1, 0.15) is 5.75 Å². The number of carbonyl (C=O) groups is 1. The van der Waals surface area contributed by atoms with Crippen LogP contribution in [-0.4, -0.2) is 22.9 Å². The maximum Gasteiger partial charge on any atom is 0.341 e. The molecule has 23 heavy (non-hydrogen) atoms. The van der Waals surface area contributed by atoms with Crippen molar-refractivity contribution in [2.45, 2.75) is 71.8 Å². The molecule has 0 aliphatic carbocycles. The van der Waals surface area contributed by atoms with Gasteiger partial charge in [0, 0.05) is 11.1 Å². The quantitative estimate of drug-likeness (QED) is 0.855. The second-order valence-electron chi connectivity index (χ2n) is 8.33. The number of carbonyl (C=O) groups excluding carboxylic acids is 1. The number of nitrogens with zero attached hydrogens (tertiary/aromatic N) is 1. The van der Waals surface area contributed by atoms with Crippen molar-refractivity contribution >= 4 is 11.7 Å². The standard InChI is InChI=1S/C19H28N2O2/c1-8-14-15(21-17(23)20-14)11-9-12(18(2,3)4)16(22)13(10-11)19(5,6)7/h9-10,14,22H,8H2,1-7H3,(H,20,23). The number of nitrogens with one attached hydrogen (secondary N) is 1. The average molecular weight is 316 g/mol. The summed E-state index contributed by atoms with van der Waals surface area (Å²) >= 11 is 0. The maximum absolute atomic E-state index is 11.7. The normalized spacial score (nSPS) is 18.8. The molecule has 4 nitrogen and oxygen atoms in total. The lowest BCUT2D eigenvalue weighted by Gasteiger charge is -2.28. The van der Waals surface area contributed by atoms with Gasteiger partial charge in [-0.1, -0.05) is 48.5 Å². The number of phenolic OH excluding ortho intramolecular Hbond substituents is 1. The highest BCUT2D eigenvalue weighted by Crippen LogP contribution is 2.40. The highest BCUT2D eigenvalue weighted by Gasteiger charge is 2.31. The molecule has 1 aliphatic rings. The summed E-state index contributed by atoms with van der Waals surface area (Å²) in [4.78, 5) is 15.9. The van der Waals surface area contributed by atoms with Crippen LogP contribution in [0.3, 0.4) is 0 Å². The molecule has 1 aromatic rings. The minimum Gasteiger partial charge on any atom is -0.507 e. The van der Waals surface area contributed by atoms with E-state index in [4.69, 9.17) is 0 Å². The van der Waals surface area contributed by atoms with E-state index in [9.17, 15) is 9.90 Å². The first-order valence-electron chi connectivity index (χ1n) is 8.22. The van der Waals surface area contributed by atoms with Crippen LogP contribution >= 0.6 is 0 Å². The summed E-state index contributed by atoms with van der Waals surface area (Å²) in [5.41, 5.74) is 3.07. The third-order valence-corrected chi connectivity index (χ3v) is 4.28. The van der Waals surface area contributed by atoms with E-state index in [-0.39, 0.29) is 22.9 Å². The van der Waals surface area contributed by atoms with E-state index in [1.54, 1.807) is 0 Å². The number of aliphatic imine (C=N–C) groups is 1. The van der Waals surface area contributed by atoms with Crippen molar-refractivity contribution in [3.63, 3.8) is 0 Å². The van der Waals surface area contributed by atoms with Crippen molar-refractivity contribution in [3.05, 3.63) is 28.8 Å². The molecular formula is C19H28N2O2. The lowest BCUT2D eigenvalue weighted by atomic mass is 9.77. The Bertz CT molecular complexity index is 626. The Labute approximate surface area is 139 Å². The predicted molar refractivity (Wildman–Crippen MR) is 94.7 cm³/mol. The Morgan fingerprint density at radius 3 is 1.96 bits per heavy atom. The number of phenols is 1. The van der Waals surface area contributed by atoms with Gasteiger partial charge < -0.3 is 10.4 Å². The monoisotopic (exact) mass is 316 g/mol. The molecule has 1 aliphatic heterocycles. The first kappa shape index (κ1) is 17.5. The van der Waals surface area contributed by atoms with Crippen molar-refractivity contribution < 1.29 is 9.90 Å². The molecule has 0 fully saturated rings. The van der Waals surface area contributed by atoms with Gasteiger partial charge in [-0.2, -0.15) is 4.99 Å². The molecule has 0 saturated heterocycles. The third-order valence-electron chi connectivity index (χ3n) is 4.28. The molecule has 0 radical (unpaired) electrons. The summed E-state index contributed by atoms with van der Waals surface area (Å²) in [6.45, 7) is 14.5. The lowest BCUT2D eigenvalue weighted by Crippen LogP contribution is -2.32. The lowest BCUT2D eigenvalue weighted by molar-refractivity contribution is 0.250. The first-order chi connectivity index (χ1) is 10.4. The van der Waals surface area contributed by atoms with Gasteiger partial charge in [0.15, 0.2) is 0 Å². The Balaban J connectivity index is 2.71. The molecule has 2 N–H and O–H groups in total. The van der Waals surface area contributed by atoms with Crippen LogP contribution < -0.4 is 5.32 Å². The van der Waals surface area contributed by atoms with Crippen LogP contribution in [0.1, 0.15) is 71.6 Å². The number of benzene rings is 1. The first-order valence-corrected chi connectivity index (χ1v) is 8.22. The molecule has 2 rings (SSSR count). The minimum absolute atomic E-state index is 0.0623. The zero-order valence-electron chi connectivity index (χ0n) is 15.2. The van der Waals surface area contributed by atoms with E-state index >= 15 is 0 Å². The number of urea groups is 1.